The summed E-state index contributed by atoms with van der Waals surface area (Å²) < 4.78 is 4.85. The minimum Gasteiger partial charge on any atom is -0.372 e. The van der Waals surface area contributed by atoms with Gasteiger partial charge >= 0.3 is 0 Å². The van der Waals surface area contributed by atoms with Crippen LogP contribution in [-0.4, -0.2) is 19.5 Å². The molecular formula is C14H13ClO2. The fourth-order valence-electron chi connectivity index (χ4n) is 1.20. The van der Waals surface area contributed by atoms with Gasteiger partial charge in [0, 0.05) is 17.7 Å². The highest BCUT2D eigenvalue weighted by atomic mass is 35.5. The lowest BCUT2D eigenvalue weighted by Crippen LogP contribution is -1.87. The highest BCUT2D eigenvalue weighted by molar-refractivity contribution is 6.30. The topological polar surface area (TPSA) is 26.3 Å². The van der Waals surface area contributed by atoms with Gasteiger partial charge < -0.3 is 4.74 Å². The van der Waals surface area contributed by atoms with Crippen LogP contribution in [-0.2, 0) is 9.53 Å². The van der Waals surface area contributed by atoms with Gasteiger partial charge in [0.1, 0.15) is 6.61 Å². The zero-order valence-corrected chi connectivity index (χ0v) is 10.5. The predicted octanol–water partition coefficient (Wildman–Crippen LogP) is 2.94. The number of hydrogen-bond acceptors (Lipinski definition) is 2. The first-order valence-corrected chi connectivity index (χ1v) is 5.47. The molecule has 2 nitrogen and oxygen atoms in total. The first-order valence-electron chi connectivity index (χ1n) is 5.09. The number of methoxy groups -OCH3 is 1. The van der Waals surface area contributed by atoms with Crippen molar-refractivity contribution in [2.24, 2.45) is 0 Å². The third-order valence-corrected chi connectivity index (χ3v) is 2.19. The Bertz CT molecular complexity index is 493. The molecule has 0 N–H and O–H groups in total. The van der Waals surface area contributed by atoms with Gasteiger partial charge in [-0.05, 0) is 36.8 Å². The summed E-state index contributed by atoms with van der Waals surface area (Å²) in [7, 11) is 1.59. The average molecular weight is 249 g/mol. The van der Waals surface area contributed by atoms with E-state index in [-0.39, 0.29) is 5.78 Å². The van der Waals surface area contributed by atoms with Crippen molar-refractivity contribution in [2.75, 3.05) is 13.7 Å². The number of hydrogen-bond donors (Lipinski definition) is 0. The number of halogens is 1. The van der Waals surface area contributed by atoms with E-state index in [1.54, 1.807) is 25.3 Å². The molecule has 0 amide bonds. The second kappa shape index (κ2) is 6.90. The van der Waals surface area contributed by atoms with E-state index in [0.29, 0.717) is 11.6 Å². The molecule has 1 rings (SSSR count). The lowest BCUT2D eigenvalue weighted by molar-refractivity contribution is -0.112. The van der Waals surface area contributed by atoms with Crippen LogP contribution in [0.25, 0.3) is 6.08 Å². The molecule has 0 heterocycles. The lowest BCUT2D eigenvalue weighted by atomic mass is 10.1. The molecule has 88 valence electrons. The molecule has 0 bridgehead atoms. The second-order valence-corrected chi connectivity index (χ2v) is 3.85. The van der Waals surface area contributed by atoms with Crippen LogP contribution in [0, 0.1) is 11.8 Å². The van der Waals surface area contributed by atoms with E-state index < -0.39 is 0 Å². The van der Waals surface area contributed by atoms with E-state index in [0.717, 1.165) is 11.1 Å². The number of ether oxygens (including phenoxy) is 1. The van der Waals surface area contributed by atoms with Crippen molar-refractivity contribution in [3.63, 3.8) is 0 Å². The van der Waals surface area contributed by atoms with Crippen LogP contribution >= 0.6 is 11.6 Å². The van der Waals surface area contributed by atoms with Gasteiger partial charge in [-0.3, -0.25) is 4.79 Å². The van der Waals surface area contributed by atoms with E-state index in [9.17, 15) is 4.79 Å². The molecule has 0 radical (unpaired) electrons. The average Bonchev–Trinajstić information content (AvgIpc) is 2.29. The largest absolute Gasteiger partial charge is 0.372 e. The summed E-state index contributed by atoms with van der Waals surface area (Å²) in [5.41, 5.74) is 1.65. The Morgan fingerprint density at radius 2 is 2.29 bits per heavy atom. The predicted molar refractivity (Wildman–Crippen MR) is 69.9 cm³/mol. The Labute approximate surface area is 106 Å². The molecule has 0 spiro atoms. The Kier molecular flexibility index (Phi) is 5.48. The smallest absolute Gasteiger partial charge is 0.152 e. The molecule has 0 aliphatic carbocycles. The molecule has 0 aliphatic heterocycles. The molecule has 0 saturated carbocycles. The quantitative estimate of drug-likeness (QED) is 0.607. The van der Waals surface area contributed by atoms with Gasteiger partial charge in [0.25, 0.3) is 0 Å². The van der Waals surface area contributed by atoms with Gasteiger partial charge in [0.15, 0.2) is 5.78 Å². The van der Waals surface area contributed by atoms with Gasteiger partial charge in [0.05, 0.1) is 0 Å². The number of rotatable bonds is 3. The summed E-state index contributed by atoms with van der Waals surface area (Å²) in [5.74, 6) is 5.82. The summed E-state index contributed by atoms with van der Waals surface area (Å²) in [6, 6.07) is 5.37. The highest BCUT2D eigenvalue weighted by Gasteiger charge is 1.98. The van der Waals surface area contributed by atoms with Crippen LogP contribution in [0.15, 0.2) is 24.3 Å². The lowest BCUT2D eigenvalue weighted by Gasteiger charge is -1.99. The minimum atomic E-state index is -0.0132. The molecule has 1 aromatic carbocycles. The summed E-state index contributed by atoms with van der Waals surface area (Å²) in [6.07, 6.45) is 3.21. The Balaban J connectivity index is 3.05. The van der Waals surface area contributed by atoms with Gasteiger partial charge in [-0.15, -0.1) is 0 Å². The SMILES string of the molecule is COCC#Cc1ccc(Cl)cc1/C=C/C(C)=O. The zero-order chi connectivity index (χ0) is 12.7. The molecule has 1 aromatic rings. The molecular weight excluding hydrogens is 236 g/mol. The van der Waals surface area contributed by atoms with Crippen LogP contribution in [0.2, 0.25) is 5.02 Å². The van der Waals surface area contributed by atoms with Crippen molar-refractivity contribution in [2.45, 2.75) is 6.92 Å². The molecule has 0 unspecified atom stereocenters. The van der Waals surface area contributed by atoms with Gasteiger partial charge in [-0.2, -0.15) is 0 Å². The van der Waals surface area contributed by atoms with Gasteiger partial charge in [-0.1, -0.05) is 29.5 Å². The van der Waals surface area contributed by atoms with E-state index in [4.69, 9.17) is 16.3 Å². The monoisotopic (exact) mass is 248 g/mol. The van der Waals surface area contributed by atoms with Crippen LogP contribution in [0.1, 0.15) is 18.1 Å². The Morgan fingerprint density at radius 3 is 2.94 bits per heavy atom. The van der Waals surface area contributed by atoms with Gasteiger partial charge in [0.2, 0.25) is 0 Å². The fourth-order valence-corrected chi connectivity index (χ4v) is 1.38. The maximum Gasteiger partial charge on any atom is 0.152 e. The second-order valence-electron chi connectivity index (χ2n) is 3.41. The number of allylic oxidation sites excluding steroid dienone is 1. The summed E-state index contributed by atoms with van der Waals surface area (Å²) in [6.45, 7) is 1.87. The zero-order valence-electron chi connectivity index (χ0n) is 9.79. The van der Waals surface area contributed by atoms with Crippen molar-refractivity contribution >= 4 is 23.5 Å². The van der Waals surface area contributed by atoms with Crippen LogP contribution in [0.3, 0.4) is 0 Å². The number of ketones is 1. The maximum atomic E-state index is 10.9. The first kappa shape index (κ1) is 13.5. The van der Waals surface area contributed by atoms with Crippen LogP contribution in [0.5, 0.6) is 0 Å². The minimum absolute atomic E-state index is 0.0132. The van der Waals surface area contributed by atoms with Gasteiger partial charge in [-0.25, -0.2) is 0 Å². The molecule has 3 heteroatoms. The molecule has 0 aromatic heterocycles. The summed E-state index contributed by atoms with van der Waals surface area (Å²) in [5, 5.41) is 0.616. The molecule has 0 fully saturated rings. The molecule has 0 aliphatic rings. The van der Waals surface area contributed by atoms with E-state index >= 15 is 0 Å². The number of carbonyl (C=O) groups is 1. The Hall–Kier alpha value is -1.56. The van der Waals surface area contributed by atoms with Crippen molar-refractivity contribution in [1.82, 2.24) is 0 Å². The maximum absolute atomic E-state index is 10.9. The molecule has 17 heavy (non-hydrogen) atoms. The summed E-state index contributed by atoms with van der Waals surface area (Å²) in [4.78, 5) is 10.9. The highest BCUT2D eigenvalue weighted by Crippen LogP contribution is 2.16. The number of carbonyl (C=O) groups excluding carboxylic acids is 1. The standard InChI is InChI=1S/C14H13ClO2/c1-11(16)5-6-13-10-14(15)8-7-12(13)4-3-9-17-2/h5-8,10H,9H2,1-2H3/b6-5+. The number of benzene rings is 1. The van der Waals surface area contributed by atoms with E-state index in [2.05, 4.69) is 11.8 Å². The van der Waals surface area contributed by atoms with Crippen LogP contribution in [0.4, 0.5) is 0 Å². The first-order chi connectivity index (χ1) is 8.13. The van der Waals surface area contributed by atoms with Crippen molar-refractivity contribution in [3.05, 3.63) is 40.4 Å². The van der Waals surface area contributed by atoms with E-state index in [1.807, 2.05) is 6.07 Å². The van der Waals surface area contributed by atoms with Crippen molar-refractivity contribution < 1.29 is 9.53 Å². The molecule has 0 atom stereocenters. The third kappa shape index (κ3) is 4.86. The van der Waals surface area contributed by atoms with Crippen molar-refractivity contribution in [3.8, 4) is 11.8 Å². The van der Waals surface area contributed by atoms with E-state index in [1.165, 1.54) is 13.0 Å². The summed E-state index contributed by atoms with van der Waals surface area (Å²) >= 11 is 5.90. The Morgan fingerprint density at radius 1 is 1.53 bits per heavy atom. The molecule has 0 saturated heterocycles. The normalized spacial score (nSPS) is 10.1. The fraction of sp³-hybridized carbons (Fsp3) is 0.214. The van der Waals surface area contributed by atoms with Crippen molar-refractivity contribution in [1.29, 1.82) is 0 Å². The van der Waals surface area contributed by atoms with Crippen LogP contribution < -0.4 is 0 Å². The third-order valence-electron chi connectivity index (χ3n) is 1.95.